The normalized spacial score (nSPS) is 11.2. The van der Waals surface area contributed by atoms with Crippen LogP contribution in [0, 0.1) is 25.5 Å². The van der Waals surface area contributed by atoms with Gasteiger partial charge in [0.05, 0.1) is 0 Å². The van der Waals surface area contributed by atoms with E-state index in [2.05, 4.69) is 30.3 Å². The quantitative estimate of drug-likeness (QED) is 0.338. The van der Waals surface area contributed by atoms with Gasteiger partial charge in [-0.1, -0.05) is 0 Å². The lowest BCUT2D eigenvalue weighted by Crippen LogP contribution is -2.15. The van der Waals surface area contributed by atoms with Crippen molar-refractivity contribution in [3.05, 3.63) is 89.9 Å². The molecule has 2 heterocycles. The number of rotatable bonds is 7. The summed E-state index contributed by atoms with van der Waals surface area (Å²) in [6.07, 6.45) is 1.70. The molecule has 4 aromatic rings. The van der Waals surface area contributed by atoms with Gasteiger partial charge in [0.15, 0.2) is 0 Å². The SMILES string of the molecule is Cc1ccnc(Nc2cc(Nc3ccc(NS(=O)(=O)c4cc(F)ccc4F)cc3)nc(C)n2)c1. The number of sulfonamides is 1. The predicted molar refractivity (Wildman–Crippen MR) is 126 cm³/mol. The van der Waals surface area contributed by atoms with Crippen LogP contribution in [-0.2, 0) is 10.0 Å². The topological polar surface area (TPSA) is 109 Å². The predicted octanol–water partition coefficient (Wildman–Crippen LogP) is 5.05. The van der Waals surface area contributed by atoms with Gasteiger partial charge >= 0.3 is 0 Å². The average molecular weight is 483 g/mol. The number of pyridine rings is 1. The molecule has 0 aliphatic heterocycles. The third-order valence-corrected chi connectivity index (χ3v) is 6.00. The van der Waals surface area contributed by atoms with E-state index < -0.39 is 26.6 Å². The fourth-order valence-corrected chi connectivity index (χ4v) is 4.24. The molecule has 0 saturated carbocycles. The lowest BCUT2D eigenvalue weighted by atomic mass is 10.3. The number of hydrogen-bond acceptors (Lipinski definition) is 7. The molecule has 0 aliphatic rings. The Morgan fingerprint density at radius 1 is 0.765 bits per heavy atom. The fourth-order valence-electron chi connectivity index (χ4n) is 3.09. The molecule has 8 nitrogen and oxygen atoms in total. The maximum atomic E-state index is 13.9. The Balaban J connectivity index is 1.48. The van der Waals surface area contributed by atoms with Crippen LogP contribution in [0.3, 0.4) is 0 Å². The molecular weight excluding hydrogens is 462 g/mol. The summed E-state index contributed by atoms with van der Waals surface area (Å²) in [5.41, 5.74) is 1.86. The summed E-state index contributed by atoms with van der Waals surface area (Å²) in [6.45, 7) is 3.72. The van der Waals surface area contributed by atoms with E-state index in [1.807, 2.05) is 19.1 Å². The molecule has 0 radical (unpaired) electrons. The van der Waals surface area contributed by atoms with Crippen molar-refractivity contribution in [2.24, 2.45) is 0 Å². The van der Waals surface area contributed by atoms with Gasteiger partial charge in [0.2, 0.25) is 0 Å². The number of anilines is 5. The van der Waals surface area contributed by atoms with Crippen LogP contribution in [0.2, 0.25) is 0 Å². The fraction of sp³-hybridized carbons (Fsp3) is 0.0870. The van der Waals surface area contributed by atoms with Crippen molar-refractivity contribution in [2.75, 3.05) is 15.4 Å². The molecule has 3 N–H and O–H groups in total. The second-order valence-corrected chi connectivity index (χ2v) is 9.06. The molecule has 0 fully saturated rings. The minimum Gasteiger partial charge on any atom is -0.340 e. The van der Waals surface area contributed by atoms with Crippen LogP contribution in [0.25, 0.3) is 0 Å². The average Bonchev–Trinajstić information content (AvgIpc) is 2.76. The highest BCUT2D eigenvalue weighted by molar-refractivity contribution is 7.92. The molecular formula is C23H20F2N6O2S. The molecule has 0 saturated heterocycles. The summed E-state index contributed by atoms with van der Waals surface area (Å²) in [5, 5.41) is 6.26. The van der Waals surface area contributed by atoms with E-state index >= 15 is 0 Å². The highest BCUT2D eigenvalue weighted by Crippen LogP contribution is 2.24. The first kappa shape index (κ1) is 23.1. The van der Waals surface area contributed by atoms with Gasteiger partial charge in [0, 0.05) is 23.6 Å². The zero-order chi connectivity index (χ0) is 24.3. The summed E-state index contributed by atoms with van der Waals surface area (Å²) in [4.78, 5) is 12.2. The van der Waals surface area contributed by atoms with Gasteiger partial charge in [0.25, 0.3) is 10.0 Å². The molecule has 0 spiro atoms. The van der Waals surface area contributed by atoms with Gasteiger partial charge in [-0.3, -0.25) is 4.72 Å². The van der Waals surface area contributed by atoms with Crippen molar-refractivity contribution >= 4 is 38.9 Å². The smallest absolute Gasteiger partial charge is 0.264 e. The second kappa shape index (κ2) is 9.40. The molecule has 2 aromatic heterocycles. The molecule has 174 valence electrons. The van der Waals surface area contributed by atoms with E-state index in [1.165, 1.54) is 12.1 Å². The number of aryl methyl sites for hydroxylation is 2. The molecule has 0 unspecified atom stereocenters. The maximum absolute atomic E-state index is 13.9. The zero-order valence-corrected chi connectivity index (χ0v) is 19.0. The van der Waals surface area contributed by atoms with E-state index in [0.717, 1.165) is 17.7 Å². The van der Waals surface area contributed by atoms with Crippen LogP contribution in [0.5, 0.6) is 0 Å². The molecule has 0 atom stereocenters. The van der Waals surface area contributed by atoms with Gasteiger partial charge in [-0.15, -0.1) is 0 Å². The van der Waals surface area contributed by atoms with E-state index in [4.69, 9.17) is 0 Å². The number of hydrogen-bond donors (Lipinski definition) is 3. The Morgan fingerprint density at radius 3 is 2.15 bits per heavy atom. The molecule has 11 heteroatoms. The lowest BCUT2D eigenvalue weighted by Gasteiger charge is -2.12. The van der Waals surface area contributed by atoms with Gasteiger partial charge in [0.1, 0.15) is 39.8 Å². The van der Waals surface area contributed by atoms with E-state index in [-0.39, 0.29) is 5.69 Å². The van der Waals surface area contributed by atoms with Crippen molar-refractivity contribution < 1.29 is 17.2 Å². The highest BCUT2D eigenvalue weighted by Gasteiger charge is 2.20. The Hall–Kier alpha value is -4.12. The zero-order valence-electron chi connectivity index (χ0n) is 18.2. The molecule has 0 aliphatic carbocycles. The Morgan fingerprint density at radius 2 is 1.44 bits per heavy atom. The molecule has 0 amide bonds. The molecule has 2 aromatic carbocycles. The standard InChI is InChI=1S/C23H20F2N6O2S/c1-14-9-10-26-21(11-14)30-23-13-22(27-15(2)28-23)29-17-4-6-18(7-5-17)31-34(32,33)20-12-16(24)3-8-19(20)25/h3-13,31H,1-2H3,(H2,26,27,28,29,30). The monoisotopic (exact) mass is 482 g/mol. The van der Waals surface area contributed by atoms with Crippen LogP contribution in [0.15, 0.2) is 71.8 Å². The van der Waals surface area contributed by atoms with Gasteiger partial charge in [-0.2, -0.15) is 0 Å². The number of nitrogens with one attached hydrogen (secondary N) is 3. The first-order chi connectivity index (χ1) is 16.2. The number of benzene rings is 2. The van der Waals surface area contributed by atoms with Crippen LogP contribution >= 0.6 is 0 Å². The van der Waals surface area contributed by atoms with Crippen molar-refractivity contribution in [1.82, 2.24) is 15.0 Å². The molecule has 4 rings (SSSR count). The van der Waals surface area contributed by atoms with E-state index in [9.17, 15) is 17.2 Å². The van der Waals surface area contributed by atoms with E-state index in [0.29, 0.717) is 35.0 Å². The van der Waals surface area contributed by atoms with Crippen molar-refractivity contribution in [3.8, 4) is 0 Å². The summed E-state index contributed by atoms with van der Waals surface area (Å²) < 4.78 is 54.4. The van der Waals surface area contributed by atoms with Gasteiger partial charge in [-0.25, -0.2) is 32.2 Å². The minimum atomic E-state index is -4.30. The summed E-state index contributed by atoms with van der Waals surface area (Å²) >= 11 is 0. The number of aromatic nitrogens is 3. The van der Waals surface area contributed by atoms with Gasteiger partial charge < -0.3 is 10.6 Å². The molecule has 0 bridgehead atoms. The summed E-state index contributed by atoms with van der Waals surface area (Å²) in [6, 6.07) is 13.9. The maximum Gasteiger partial charge on any atom is 0.264 e. The highest BCUT2D eigenvalue weighted by atomic mass is 32.2. The Bertz CT molecular complexity index is 1450. The van der Waals surface area contributed by atoms with Crippen molar-refractivity contribution in [1.29, 1.82) is 0 Å². The number of halogens is 2. The van der Waals surface area contributed by atoms with Crippen LogP contribution in [-0.4, -0.2) is 23.4 Å². The van der Waals surface area contributed by atoms with Gasteiger partial charge in [-0.05, 0) is 74.0 Å². The van der Waals surface area contributed by atoms with Crippen LogP contribution in [0.4, 0.5) is 37.6 Å². The number of nitrogens with zero attached hydrogens (tertiary/aromatic N) is 3. The van der Waals surface area contributed by atoms with Crippen LogP contribution < -0.4 is 15.4 Å². The largest absolute Gasteiger partial charge is 0.340 e. The minimum absolute atomic E-state index is 0.181. The third-order valence-electron chi connectivity index (χ3n) is 4.60. The Labute approximate surface area is 195 Å². The van der Waals surface area contributed by atoms with Crippen LogP contribution in [0.1, 0.15) is 11.4 Å². The first-order valence-electron chi connectivity index (χ1n) is 10.1. The third kappa shape index (κ3) is 5.62. The lowest BCUT2D eigenvalue weighted by molar-refractivity contribution is 0.555. The summed E-state index contributed by atoms with van der Waals surface area (Å²) in [5.74, 6) is 0.342. The van der Waals surface area contributed by atoms with Crippen molar-refractivity contribution in [2.45, 2.75) is 18.7 Å². The first-order valence-corrected chi connectivity index (χ1v) is 11.6. The summed E-state index contributed by atoms with van der Waals surface area (Å²) in [7, 11) is -4.30. The van der Waals surface area contributed by atoms with E-state index in [1.54, 1.807) is 31.3 Å². The molecule has 34 heavy (non-hydrogen) atoms. The second-order valence-electron chi connectivity index (χ2n) is 7.41. The Kier molecular flexibility index (Phi) is 6.37. The van der Waals surface area contributed by atoms with Crippen molar-refractivity contribution in [3.63, 3.8) is 0 Å².